The number of carbonyl (C=O) groups excluding carboxylic acids is 3. The fourth-order valence-corrected chi connectivity index (χ4v) is 5.58. The van der Waals surface area contributed by atoms with Gasteiger partial charge in [-0.2, -0.15) is 0 Å². The molecule has 4 rings (SSSR count). The topological polar surface area (TPSA) is 213 Å². The Bertz CT molecular complexity index is 1140. The van der Waals surface area contributed by atoms with Crippen LogP contribution in [0.25, 0.3) is 5.76 Å². The van der Waals surface area contributed by atoms with Gasteiger partial charge < -0.3 is 36.7 Å². The Hall–Kier alpha value is -3.25. The van der Waals surface area contributed by atoms with Crippen molar-refractivity contribution in [1.29, 1.82) is 0 Å². The third-order valence-electron chi connectivity index (χ3n) is 6.99. The summed E-state index contributed by atoms with van der Waals surface area (Å²) in [4.78, 5) is 40.0. The number of fused-ring (bicyclic) bond motifs is 3. The first-order valence-electron chi connectivity index (χ1n) is 10.0. The van der Waals surface area contributed by atoms with E-state index in [0.717, 1.165) is 0 Å². The number of nitrogens with zero attached hydrogens (tertiary/aromatic N) is 1. The molecule has 0 heterocycles. The molecule has 178 valence electrons. The highest BCUT2D eigenvalue weighted by Gasteiger charge is 2.68. The van der Waals surface area contributed by atoms with Gasteiger partial charge in [-0.15, -0.1) is 0 Å². The molecule has 3 aliphatic rings. The predicted molar refractivity (Wildman–Crippen MR) is 114 cm³/mol. The molecule has 0 saturated heterocycles. The molecule has 1 aromatic rings. The Morgan fingerprint density at radius 3 is 2.30 bits per heavy atom. The molecule has 0 spiro atoms. The number of aliphatic hydroxyl groups excluding tert-OH is 3. The number of likely N-dealkylation sites (N-methyl/N-ethyl adjacent to an activating group) is 1. The molecule has 0 aromatic heterocycles. The van der Waals surface area contributed by atoms with Gasteiger partial charge in [0.1, 0.15) is 22.8 Å². The summed E-state index contributed by atoms with van der Waals surface area (Å²) >= 11 is 0. The van der Waals surface area contributed by atoms with Crippen LogP contribution < -0.4 is 5.73 Å². The second kappa shape index (κ2) is 7.66. The van der Waals surface area contributed by atoms with Gasteiger partial charge in [0.15, 0.2) is 11.4 Å². The van der Waals surface area contributed by atoms with Crippen LogP contribution in [0.15, 0.2) is 35.1 Å². The Morgan fingerprint density at radius 1 is 1.15 bits per heavy atom. The summed E-state index contributed by atoms with van der Waals surface area (Å²) in [6.07, 6.45) is -1.59. The Balaban J connectivity index is 0.00000306. The first-order valence-corrected chi connectivity index (χ1v) is 10.0. The number of amides is 1. The highest BCUT2D eigenvalue weighted by atomic mass is 16.4. The highest BCUT2D eigenvalue weighted by Crippen LogP contribution is 2.55. The van der Waals surface area contributed by atoms with E-state index < -0.39 is 75.6 Å². The molecular formula is C22H26N2O9. The molecule has 33 heavy (non-hydrogen) atoms. The summed E-state index contributed by atoms with van der Waals surface area (Å²) < 4.78 is 0. The minimum absolute atomic E-state index is 0. The van der Waals surface area contributed by atoms with Gasteiger partial charge in [0.25, 0.3) is 5.91 Å². The number of aromatic hydroxyl groups is 1. The number of hydrogen-bond donors (Lipinski definition) is 6. The summed E-state index contributed by atoms with van der Waals surface area (Å²) in [6.45, 7) is 1.68. The van der Waals surface area contributed by atoms with E-state index >= 15 is 0 Å². The number of phenols is 1. The minimum atomic E-state index is -2.89. The number of carbonyl (C=O) groups is 3. The summed E-state index contributed by atoms with van der Waals surface area (Å²) in [5.74, 6) is -8.87. The third-order valence-corrected chi connectivity index (χ3v) is 6.99. The van der Waals surface area contributed by atoms with Crippen LogP contribution in [0.4, 0.5) is 0 Å². The van der Waals surface area contributed by atoms with Crippen molar-refractivity contribution in [3.63, 3.8) is 0 Å². The average Bonchev–Trinajstić information content (AvgIpc) is 2.70. The maximum absolute atomic E-state index is 13.7. The number of ketones is 2. The molecule has 0 bridgehead atoms. The number of rotatable bonds is 2. The van der Waals surface area contributed by atoms with Crippen molar-refractivity contribution >= 4 is 23.2 Å². The number of Topliss-reactive ketones (excluding diaryl/α,β-unsaturated/α-hetero) is 2. The normalized spacial score (nSPS) is 33.3. The van der Waals surface area contributed by atoms with E-state index in [0.29, 0.717) is 5.56 Å². The SMILES string of the molecule is CC1c2cccc(O)c2C(O)=C2C(=O)C3(O)C(O)=C(C(N)=O)C(=O)C(N(C)C)C3C(O)C21.O. The lowest BCUT2D eigenvalue weighted by Crippen LogP contribution is -2.70. The zero-order valence-electron chi connectivity index (χ0n) is 18.1. The van der Waals surface area contributed by atoms with Gasteiger partial charge in [-0.05, 0) is 31.6 Å². The molecule has 1 amide bonds. The summed E-state index contributed by atoms with van der Waals surface area (Å²) in [6, 6.07) is 3.13. The van der Waals surface area contributed by atoms with E-state index in [-0.39, 0.29) is 16.8 Å². The van der Waals surface area contributed by atoms with Crippen LogP contribution in [0.1, 0.15) is 24.0 Å². The van der Waals surface area contributed by atoms with E-state index in [1.54, 1.807) is 19.1 Å². The van der Waals surface area contributed by atoms with E-state index in [4.69, 9.17) is 5.73 Å². The number of primary amides is 1. The Morgan fingerprint density at radius 2 is 1.76 bits per heavy atom. The second-order valence-corrected chi connectivity index (χ2v) is 8.79. The van der Waals surface area contributed by atoms with Crippen molar-refractivity contribution in [1.82, 2.24) is 4.90 Å². The van der Waals surface area contributed by atoms with Gasteiger partial charge in [-0.1, -0.05) is 19.1 Å². The van der Waals surface area contributed by atoms with Crippen LogP contribution in [0.5, 0.6) is 5.75 Å². The molecule has 6 unspecified atom stereocenters. The van der Waals surface area contributed by atoms with Crippen molar-refractivity contribution < 1.29 is 45.4 Å². The van der Waals surface area contributed by atoms with E-state index in [9.17, 15) is 39.9 Å². The number of benzene rings is 1. The van der Waals surface area contributed by atoms with Crippen molar-refractivity contribution in [2.45, 2.75) is 30.6 Å². The van der Waals surface area contributed by atoms with E-state index in [2.05, 4.69) is 0 Å². The molecule has 11 nitrogen and oxygen atoms in total. The maximum atomic E-state index is 13.7. The zero-order valence-corrected chi connectivity index (χ0v) is 18.1. The third kappa shape index (κ3) is 2.86. The quantitative estimate of drug-likeness (QED) is 0.287. The summed E-state index contributed by atoms with van der Waals surface area (Å²) in [5.41, 5.74) is 1.47. The molecule has 0 radical (unpaired) electrons. The Labute approximate surface area is 188 Å². The van der Waals surface area contributed by atoms with Crippen molar-refractivity contribution in [2.24, 2.45) is 17.6 Å². The summed E-state index contributed by atoms with van der Waals surface area (Å²) in [7, 11) is 2.92. The van der Waals surface area contributed by atoms with Crippen molar-refractivity contribution in [3.8, 4) is 5.75 Å². The van der Waals surface area contributed by atoms with Crippen LogP contribution >= 0.6 is 0 Å². The molecule has 11 heteroatoms. The van der Waals surface area contributed by atoms with Gasteiger partial charge >= 0.3 is 0 Å². The standard InChI is InChI=1S/C22H24N2O8.H2O/c1-7-8-5-4-6-9(25)11(8)16(26)12-10(7)17(27)14-15(24(2)3)18(28)13(21(23)31)20(30)22(14,32)19(12)29;/h4-7,10,14-15,17,25-27,30,32H,1-3H3,(H2,23,31);1H2. The van der Waals surface area contributed by atoms with Crippen LogP contribution in [-0.2, 0) is 14.4 Å². The molecule has 9 N–H and O–H groups in total. The molecule has 1 saturated carbocycles. The van der Waals surface area contributed by atoms with Crippen molar-refractivity contribution in [2.75, 3.05) is 14.1 Å². The smallest absolute Gasteiger partial charge is 0.255 e. The number of hydrogen-bond acceptors (Lipinski definition) is 9. The van der Waals surface area contributed by atoms with Crippen LogP contribution in [0.2, 0.25) is 0 Å². The lowest BCUT2D eigenvalue weighted by atomic mass is 9.54. The van der Waals surface area contributed by atoms with Crippen LogP contribution in [0, 0.1) is 11.8 Å². The fraction of sp³-hybridized carbons (Fsp3) is 0.409. The van der Waals surface area contributed by atoms with Crippen LogP contribution in [0.3, 0.4) is 0 Å². The van der Waals surface area contributed by atoms with Gasteiger partial charge in [0.2, 0.25) is 5.78 Å². The largest absolute Gasteiger partial charge is 0.508 e. The molecular weight excluding hydrogens is 436 g/mol. The zero-order chi connectivity index (χ0) is 23.9. The molecule has 6 atom stereocenters. The average molecular weight is 462 g/mol. The number of phenolic OH excluding ortho intramolecular Hbond substituents is 1. The van der Waals surface area contributed by atoms with Crippen LogP contribution in [-0.4, -0.2) is 85.2 Å². The fourth-order valence-electron chi connectivity index (χ4n) is 5.58. The molecule has 0 aliphatic heterocycles. The first-order chi connectivity index (χ1) is 14.9. The van der Waals surface area contributed by atoms with E-state index in [1.807, 2.05) is 0 Å². The van der Waals surface area contributed by atoms with Gasteiger partial charge in [-0.25, -0.2) is 0 Å². The lowest BCUT2D eigenvalue weighted by molar-refractivity contribution is -0.169. The second-order valence-electron chi connectivity index (χ2n) is 8.79. The van der Waals surface area contributed by atoms with Gasteiger partial charge in [0, 0.05) is 11.5 Å². The first kappa shape index (κ1) is 24.4. The van der Waals surface area contributed by atoms with Crippen molar-refractivity contribution in [3.05, 3.63) is 46.2 Å². The minimum Gasteiger partial charge on any atom is -0.508 e. The summed E-state index contributed by atoms with van der Waals surface area (Å²) in [5, 5.41) is 54.9. The highest BCUT2D eigenvalue weighted by molar-refractivity contribution is 6.24. The van der Waals surface area contributed by atoms with Gasteiger partial charge in [-0.3, -0.25) is 19.3 Å². The van der Waals surface area contributed by atoms with Gasteiger partial charge in [0.05, 0.1) is 23.6 Å². The number of aliphatic hydroxyl groups is 4. The predicted octanol–water partition coefficient (Wildman–Crippen LogP) is -1.33. The lowest BCUT2D eigenvalue weighted by Gasteiger charge is -2.53. The van der Waals surface area contributed by atoms with E-state index in [1.165, 1.54) is 25.1 Å². The molecule has 1 aromatic carbocycles. The number of nitrogens with two attached hydrogens (primary N) is 1. The Kier molecular flexibility index (Phi) is 5.66. The molecule has 1 fully saturated rings. The maximum Gasteiger partial charge on any atom is 0.255 e. The monoisotopic (exact) mass is 462 g/mol. The molecule has 3 aliphatic carbocycles.